The largest absolute Gasteiger partial charge is 0.447 e. The fourth-order valence-electron chi connectivity index (χ4n) is 2.47. The highest BCUT2D eigenvalue weighted by molar-refractivity contribution is 9.10. The average Bonchev–Trinajstić information content (AvgIpc) is 2.95. The van der Waals surface area contributed by atoms with Gasteiger partial charge in [-0.25, -0.2) is 0 Å². The predicted molar refractivity (Wildman–Crippen MR) is 85.4 cm³/mol. The summed E-state index contributed by atoms with van der Waals surface area (Å²) in [6.45, 7) is -0.518. The Kier molecular flexibility index (Phi) is 4.84. The number of fused-ring (bicyclic) bond motifs is 1. The number of benzene rings is 1. The number of aliphatic hydroxyl groups excluding tert-OH is 4. The number of nitrogens with one attached hydrogen (secondary N) is 1. The first kappa shape index (κ1) is 17.0. The molecular formula is C14H15BrClNO6. The minimum absolute atomic E-state index is 0.268. The van der Waals surface area contributed by atoms with E-state index in [4.69, 9.17) is 26.2 Å². The van der Waals surface area contributed by atoms with Crippen LogP contribution in [0.2, 0.25) is 5.02 Å². The number of H-pyrrole nitrogens is 1. The Hall–Kier alpha value is -0.870. The second-order valence-electron chi connectivity index (χ2n) is 5.27. The lowest BCUT2D eigenvalue weighted by atomic mass is 9.99. The summed E-state index contributed by atoms with van der Waals surface area (Å²) >= 11 is 9.51. The summed E-state index contributed by atoms with van der Waals surface area (Å²) in [6, 6.07) is 5.20. The average molecular weight is 409 g/mol. The Morgan fingerprint density at radius 3 is 2.65 bits per heavy atom. The lowest BCUT2D eigenvalue weighted by molar-refractivity contribution is -0.278. The molecule has 0 amide bonds. The van der Waals surface area contributed by atoms with Crippen molar-refractivity contribution in [2.24, 2.45) is 0 Å². The third kappa shape index (κ3) is 3.08. The number of hydrogen-bond acceptors (Lipinski definition) is 6. The number of aliphatic hydroxyl groups is 4. The fraction of sp³-hybridized carbons (Fsp3) is 0.429. The molecule has 9 heteroatoms. The van der Waals surface area contributed by atoms with Gasteiger partial charge in [-0.15, -0.1) is 0 Å². The van der Waals surface area contributed by atoms with Gasteiger partial charge in [0, 0.05) is 21.4 Å². The second-order valence-corrected chi connectivity index (χ2v) is 6.50. The third-order valence-corrected chi connectivity index (χ3v) is 5.05. The minimum atomic E-state index is -1.49. The Labute approximate surface area is 144 Å². The van der Waals surface area contributed by atoms with Crippen molar-refractivity contribution >= 4 is 38.4 Å². The second kappa shape index (κ2) is 6.56. The molecule has 5 N–H and O–H groups in total. The maximum Gasteiger partial charge on any atom is 0.230 e. The zero-order chi connectivity index (χ0) is 16.7. The monoisotopic (exact) mass is 407 g/mol. The molecule has 1 aromatic heterocycles. The molecule has 0 bridgehead atoms. The molecule has 2 heterocycles. The van der Waals surface area contributed by atoms with Gasteiger partial charge < -0.3 is 34.9 Å². The molecule has 1 saturated heterocycles. The highest BCUT2D eigenvalue weighted by atomic mass is 79.9. The van der Waals surface area contributed by atoms with Crippen LogP contribution < -0.4 is 4.74 Å². The van der Waals surface area contributed by atoms with Gasteiger partial charge in [-0.3, -0.25) is 0 Å². The van der Waals surface area contributed by atoms with E-state index in [1.165, 1.54) is 0 Å². The first-order chi connectivity index (χ1) is 10.9. The maximum atomic E-state index is 9.97. The minimum Gasteiger partial charge on any atom is -0.447 e. The van der Waals surface area contributed by atoms with Gasteiger partial charge in [0.2, 0.25) is 6.29 Å². The summed E-state index contributed by atoms with van der Waals surface area (Å²) in [6.07, 6.45) is -6.67. The molecule has 23 heavy (non-hydrogen) atoms. The molecule has 3 rings (SSSR count). The zero-order valence-electron chi connectivity index (χ0n) is 11.7. The van der Waals surface area contributed by atoms with Crippen molar-refractivity contribution in [3.63, 3.8) is 0 Å². The number of aromatic nitrogens is 1. The summed E-state index contributed by atoms with van der Waals surface area (Å²) in [5.41, 5.74) is 0.720. The van der Waals surface area contributed by atoms with Crippen LogP contribution >= 0.6 is 27.5 Å². The van der Waals surface area contributed by atoms with Gasteiger partial charge in [0.15, 0.2) is 5.88 Å². The molecule has 1 aliphatic rings. The van der Waals surface area contributed by atoms with Crippen molar-refractivity contribution in [2.45, 2.75) is 30.7 Å². The van der Waals surface area contributed by atoms with Crippen molar-refractivity contribution in [3.8, 4) is 5.88 Å². The van der Waals surface area contributed by atoms with E-state index < -0.39 is 37.3 Å². The topological polar surface area (TPSA) is 115 Å². The number of rotatable bonds is 3. The summed E-state index contributed by atoms with van der Waals surface area (Å²) in [4.78, 5) is 2.97. The standard InChI is InChI=1S/C14H15BrClNO6/c15-6-1-2-7-5(10(6)16)3-9(17-7)23-14-13(21)12(20)11(19)8(4-18)22-14/h1-3,8,11-14,17-21H,4H2/t8-,11+,12+,13-,14?/m1/s1. The zero-order valence-corrected chi connectivity index (χ0v) is 14.0. The molecule has 0 aliphatic carbocycles. The SMILES string of the molecule is OC[C@H]1OC(Oc2cc3c(Cl)c(Br)ccc3[nH]2)[C@H](O)[C@@H](O)[C@H]1O. The van der Waals surface area contributed by atoms with Crippen molar-refractivity contribution in [3.05, 3.63) is 27.7 Å². The number of aromatic amines is 1. The molecule has 0 saturated carbocycles. The normalized spacial score (nSPS) is 31.5. The smallest absolute Gasteiger partial charge is 0.230 e. The Bertz CT molecular complexity index is 708. The first-order valence-corrected chi connectivity index (χ1v) is 8.03. The number of hydrogen-bond donors (Lipinski definition) is 5. The molecule has 0 spiro atoms. The molecule has 0 radical (unpaired) electrons. The van der Waals surface area contributed by atoms with Crippen molar-refractivity contribution in [2.75, 3.05) is 6.61 Å². The van der Waals surface area contributed by atoms with E-state index in [2.05, 4.69) is 20.9 Å². The van der Waals surface area contributed by atoms with Gasteiger partial charge in [0.1, 0.15) is 24.4 Å². The van der Waals surface area contributed by atoms with Crippen LogP contribution in [0.15, 0.2) is 22.7 Å². The molecule has 1 fully saturated rings. The molecule has 7 nitrogen and oxygen atoms in total. The van der Waals surface area contributed by atoms with Gasteiger partial charge >= 0.3 is 0 Å². The van der Waals surface area contributed by atoms with Crippen molar-refractivity contribution < 1.29 is 29.9 Å². The van der Waals surface area contributed by atoms with Crippen LogP contribution in [0.25, 0.3) is 10.9 Å². The summed E-state index contributed by atoms with van der Waals surface area (Å²) < 4.78 is 11.5. The van der Waals surface area contributed by atoms with Crippen LogP contribution in [-0.2, 0) is 4.74 Å². The molecule has 5 atom stereocenters. The molecule has 2 aromatic rings. The van der Waals surface area contributed by atoms with E-state index in [1.54, 1.807) is 18.2 Å². The molecule has 1 aromatic carbocycles. The lowest BCUT2D eigenvalue weighted by Crippen LogP contribution is -2.60. The van der Waals surface area contributed by atoms with Gasteiger partial charge in [-0.05, 0) is 28.1 Å². The predicted octanol–water partition coefficient (Wildman–Crippen LogP) is 0.762. The molecule has 1 unspecified atom stereocenters. The quantitative estimate of drug-likeness (QED) is 0.512. The first-order valence-electron chi connectivity index (χ1n) is 6.86. The molecule has 126 valence electrons. The lowest BCUT2D eigenvalue weighted by Gasteiger charge is -2.39. The van der Waals surface area contributed by atoms with Crippen molar-refractivity contribution in [1.29, 1.82) is 0 Å². The van der Waals surface area contributed by atoms with Crippen LogP contribution in [0.1, 0.15) is 0 Å². The van der Waals surface area contributed by atoms with E-state index in [1.807, 2.05) is 0 Å². The van der Waals surface area contributed by atoms with Crippen molar-refractivity contribution in [1.82, 2.24) is 4.98 Å². The van der Waals surface area contributed by atoms with Gasteiger partial charge in [0.05, 0.1) is 11.6 Å². The Morgan fingerprint density at radius 2 is 1.96 bits per heavy atom. The van der Waals surface area contributed by atoms with Gasteiger partial charge in [-0.2, -0.15) is 0 Å². The van der Waals surface area contributed by atoms with Crippen LogP contribution in [-0.4, -0.2) is 62.7 Å². The van der Waals surface area contributed by atoms with Gasteiger partial charge in [0.25, 0.3) is 0 Å². The summed E-state index contributed by atoms with van der Waals surface area (Å²) in [5, 5.41) is 39.8. The highest BCUT2D eigenvalue weighted by Crippen LogP contribution is 2.34. The highest BCUT2D eigenvalue weighted by Gasteiger charge is 2.44. The van der Waals surface area contributed by atoms with E-state index in [-0.39, 0.29) is 5.88 Å². The van der Waals surface area contributed by atoms with E-state index >= 15 is 0 Å². The summed E-state index contributed by atoms with van der Waals surface area (Å²) in [7, 11) is 0. The van der Waals surface area contributed by atoms with Gasteiger partial charge in [-0.1, -0.05) is 11.6 Å². The molecular weight excluding hydrogens is 394 g/mol. The number of ether oxygens (including phenoxy) is 2. The van der Waals surface area contributed by atoms with Crippen LogP contribution in [0.4, 0.5) is 0 Å². The fourth-order valence-corrected chi connectivity index (χ4v) is 3.03. The summed E-state index contributed by atoms with van der Waals surface area (Å²) in [5.74, 6) is 0.268. The van der Waals surface area contributed by atoms with Crippen LogP contribution in [0.3, 0.4) is 0 Å². The van der Waals surface area contributed by atoms with E-state index in [0.29, 0.717) is 10.4 Å². The Balaban J connectivity index is 1.85. The number of halogens is 2. The Morgan fingerprint density at radius 1 is 1.22 bits per heavy atom. The maximum absolute atomic E-state index is 9.97. The van der Waals surface area contributed by atoms with Crippen LogP contribution in [0, 0.1) is 0 Å². The molecule has 1 aliphatic heterocycles. The third-order valence-electron chi connectivity index (χ3n) is 3.76. The van der Waals surface area contributed by atoms with E-state index in [9.17, 15) is 15.3 Å². The van der Waals surface area contributed by atoms with E-state index in [0.717, 1.165) is 9.99 Å². The van der Waals surface area contributed by atoms with Crippen LogP contribution in [0.5, 0.6) is 5.88 Å².